The van der Waals surface area contributed by atoms with E-state index >= 15 is 0 Å². The highest BCUT2D eigenvalue weighted by Crippen LogP contribution is 2.40. The molecule has 0 aromatic heterocycles. The summed E-state index contributed by atoms with van der Waals surface area (Å²) in [4.78, 5) is 0. The van der Waals surface area contributed by atoms with Crippen LogP contribution in [0.5, 0.6) is 11.5 Å². The van der Waals surface area contributed by atoms with Crippen LogP contribution in [0.3, 0.4) is 0 Å². The van der Waals surface area contributed by atoms with E-state index in [4.69, 9.17) is 16.3 Å². The number of aryl methyl sites for hydroxylation is 2. The highest BCUT2D eigenvalue weighted by atomic mass is 35.5. The van der Waals surface area contributed by atoms with Crippen molar-refractivity contribution < 1.29 is 4.74 Å². The predicted octanol–water partition coefficient (Wildman–Crippen LogP) is 4.22. The van der Waals surface area contributed by atoms with Crippen molar-refractivity contribution in [1.29, 1.82) is 0 Å². The maximum Gasteiger partial charge on any atom is 0.251 e. The van der Waals surface area contributed by atoms with Crippen LogP contribution in [-0.4, -0.2) is 6.71 Å². The van der Waals surface area contributed by atoms with Gasteiger partial charge in [-0.15, -0.1) is 0 Å². The van der Waals surface area contributed by atoms with Crippen molar-refractivity contribution in [1.82, 2.24) is 0 Å². The van der Waals surface area contributed by atoms with Gasteiger partial charge in [-0.2, -0.15) is 0 Å². The van der Waals surface area contributed by atoms with Gasteiger partial charge in [-0.3, -0.25) is 0 Å². The van der Waals surface area contributed by atoms with Crippen molar-refractivity contribution in [3.05, 3.63) is 75.8 Å². The molecule has 0 radical (unpaired) electrons. The Labute approximate surface area is 160 Å². The second-order valence-corrected chi connectivity index (χ2v) is 8.54. The van der Waals surface area contributed by atoms with Crippen LogP contribution in [0.2, 0.25) is 5.02 Å². The van der Waals surface area contributed by atoms with Gasteiger partial charge in [-0.25, -0.2) is 0 Å². The largest absolute Gasteiger partial charge is 0.458 e. The minimum atomic E-state index is -0.114. The molecule has 0 N–H and O–H groups in total. The van der Waals surface area contributed by atoms with E-state index in [-0.39, 0.29) is 12.1 Å². The molecule has 0 unspecified atom stereocenters. The second-order valence-electron chi connectivity index (χ2n) is 8.10. The first kappa shape index (κ1) is 16.0. The Morgan fingerprint density at radius 3 is 2.46 bits per heavy atom. The summed E-state index contributed by atoms with van der Waals surface area (Å²) in [6, 6.07) is 17.2. The lowest BCUT2D eigenvalue weighted by Gasteiger charge is -2.42. The van der Waals surface area contributed by atoms with Gasteiger partial charge in [-0.05, 0) is 65.7 Å². The predicted molar refractivity (Wildman–Crippen MR) is 111 cm³/mol. The van der Waals surface area contributed by atoms with E-state index in [0.717, 1.165) is 16.5 Å². The molecule has 3 heteroatoms. The molecule has 0 amide bonds. The number of benzene rings is 3. The Kier molecular flexibility index (Phi) is 3.19. The van der Waals surface area contributed by atoms with Crippen molar-refractivity contribution in [3.8, 4) is 11.5 Å². The van der Waals surface area contributed by atoms with Crippen molar-refractivity contribution in [2.24, 2.45) is 0 Å². The topological polar surface area (TPSA) is 9.23 Å². The average molecular weight is 359 g/mol. The Balaban J connectivity index is 1.93. The first-order chi connectivity index (χ1) is 12.4. The molecule has 5 rings (SSSR count). The molecular formula is C23H20BClO. The molecule has 2 aliphatic rings. The van der Waals surface area contributed by atoms with Gasteiger partial charge in [0.2, 0.25) is 0 Å². The Bertz CT molecular complexity index is 1080. The summed E-state index contributed by atoms with van der Waals surface area (Å²) < 4.78 is 6.34. The molecule has 0 bridgehead atoms. The minimum absolute atomic E-state index is 0.114. The summed E-state index contributed by atoms with van der Waals surface area (Å²) in [7, 11) is 0. The summed E-state index contributed by atoms with van der Waals surface area (Å²) in [5, 5.41) is 0.797. The van der Waals surface area contributed by atoms with Crippen LogP contribution < -0.4 is 21.1 Å². The van der Waals surface area contributed by atoms with E-state index < -0.39 is 0 Å². The standard InChI is InChI=1S/C23H20BClO/c1-13-5-9-19-18(11-13)24-17-8-7-15(25)12-16(17)23(3,4)21-14(2)6-10-20(26-19)22(21)24/h5-12H,1-4H3. The lowest BCUT2D eigenvalue weighted by Crippen LogP contribution is -2.62. The first-order valence-electron chi connectivity index (χ1n) is 9.10. The van der Waals surface area contributed by atoms with Crippen LogP contribution >= 0.6 is 11.6 Å². The lowest BCUT2D eigenvalue weighted by atomic mass is 9.30. The number of ether oxygens (including phenoxy) is 1. The molecule has 0 saturated carbocycles. The third-order valence-electron chi connectivity index (χ3n) is 6.02. The lowest BCUT2D eigenvalue weighted by molar-refractivity contribution is 0.484. The summed E-state index contributed by atoms with van der Waals surface area (Å²) in [6.07, 6.45) is 0. The molecular weight excluding hydrogens is 339 g/mol. The van der Waals surface area contributed by atoms with Gasteiger partial charge in [0, 0.05) is 10.4 Å². The molecule has 0 spiro atoms. The normalized spacial score (nSPS) is 15.7. The van der Waals surface area contributed by atoms with Crippen LogP contribution in [0.25, 0.3) is 0 Å². The van der Waals surface area contributed by atoms with Crippen molar-refractivity contribution in [2.75, 3.05) is 0 Å². The first-order valence-corrected chi connectivity index (χ1v) is 9.48. The Hall–Kier alpha value is -2.19. The number of halogens is 1. The fourth-order valence-electron chi connectivity index (χ4n) is 4.95. The van der Waals surface area contributed by atoms with E-state index in [1.54, 1.807) is 0 Å². The quantitative estimate of drug-likeness (QED) is 0.428. The summed E-state index contributed by atoms with van der Waals surface area (Å²) >= 11 is 6.41. The maximum absolute atomic E-state index is 6.41. The monoisotopic (exact) mass is 358 g/mol. The molecule has 26 heavy (non-hydrogen) atoms. The fourth-order valence-corrected chi connectivity index (χ4v) is 5.13. The average Bonchev–Trinajstić information content (AvgIpc) is 2.59. The zero-order valence-electron chi connectivity index (χ0n) is 15.5. The molecule has 0 saturated heterocycles. The molecule has 1 nitrogen and oxygen atoms in total. The summed E-state index contributed by atoms with van der Waals surface area (Å²) in [5.41, 5.74) is 9.06. The molecule has 0 atom stereocenters. The highest BCUT2D eigenvalue weighted by Gasteiger charge is 2.45. The number of fused-ring (bicyclic) bond motifs is 4. The zero-order valence-corrected chi connectivity index (χ0v) is 16.2. The van der Waals surface area contributed by atoms with Gasteiger partial charge in [-0.1, -0.05) is 60.7 Å². The van der Waals surface area contributed by atoms with Gasteiger partial charge in [0.25, 0.3) is 6.71 Å². The van der Waals surface area contributed by atoms with Crippen molar-refractivity contribution in [3.63, 3.8) is 0 Å². The number of hydrogen-bond donors (Lipinski definition) is 0. The van der Waals surface area contributed by atoms with Gasteiger partial charge >= 0.3 is 0 Å². The van der Waals surface area contributed by atoms with Crippen LogP contribution in [0.1, 0.15) is 36.1 Å². The van der Waals surface area contributed by atoms with Crippen LogP contribution in [0.4, 0.5) is 0 Å². The smallest absolute Gasteiger partial charge is 0.251 e. The van der Waals surface area contributed by atoms with Gasteiger partial charge in [0.1, 0.15) is 11.5 Å². The molecule has 2 heterocycles. The Morgan fingerprint density at radius 1 is 0.885 bits per heavy atom. The van der Waals surface area contributed by atoms with Crippen molar-refractivity contribution >= 4 is 34.7 Å². The van der Waals surface area contributed by atoms with Gasteiger partial charge in [0.15, 0.2) is 0 Å². The second kappa shape index (κ2) is 5.17. The van der Waals surface area contributed by atoms with E-state index in [9.17, 15) is 0 Å². The van der Waals surface area contributed by atoms with E-state index in [1.165, 1.54) is 38.6 Å². The molecule has 2 aliphatic heterocycles. The number of hydrogen-bond acceptors (Lipinski definition) is 1. The summed E-state index contributed by atoms with van der Waals surface area (Å²) in [5.74, 6) is 1.95. The third kappa shape index (κ3) is 2.00. The van der Waals surface area contributed by atoms with Gasteiger partial charge < -0.3 is 4.74 Å². The molecule has 3 aromatic rings. The molecule has 3 aromatic carbocycles. The highest BCUT2D eigenvalue weighted by molar-refractivity contribution is 6.98. The maximum atomic E-state index is 6.41. The minimum Gasteiger partial charge on any atom is -0.458 e. The van der Waals surface area contributed by atoms with E-state index in [2.05, 4.69) is 70.2 Å². The van der Waals surface area contributed by atoms with Crippen LogP contribution in [-0.2, 0) is 5.41 Å². The van der Waals surface area contributed by atoms with Crippen molar-refractivity contribution in [2.45, 2.75) is 33.1 Å². The zero-order chi connectivity index (χ0) is 18.2. The van der Waals surface area contributed by atoms with E-state index in [1.807, 2.05) is 6.07 Å². The van der Waals surface area contributed by atoms with E-state index in [0.29, 0.717) is 0 Å². The molecule has 128 valence electrons. The van der Waals surface area contributed by atoms with Gasteiger partial charge in [0.05, 0.1) is 0 Å². The number of rotatable bonds is 0. The third-order valence-corrected chi connectivity index (χ3v) is 6.26. The molecule has 0 fully saturated rings. The Morgan fingerprint density at radius 2 is 1.65 bits per heavy atom. The summed E-state index contributed by atoms with van der Waals surface area (Å²) in [6.45, 7) is 9.14. The SMILES string of the molecule is Cc1ccc2c(c1)B1c3ccc(Cl)cc3C(C)(C)c3c(C)ccc(c31)O2. The van der Waals surface area contributed by atoms with Crippen LogP contribution in [0.15, 0.2) is 48.5 Å². The van der Waals surface area contributed by atoms with Crippen LogP contribution in [0, 0.1) is 13.8 Å². The fraction of sp³-hybridized carbons (Fsp3) is 0.217. The molecule has 0 aliphatic carbocycles.